The van der Waals surface area contributed by atoms with Gasteiger partial charge in [-0.15, -0.1) is 0 Å². The van der Waals surface area contributed by atoms with Gasteiger partial charge in [0.05, 0.1) is 11.8 Å². The zero-order chi connectivity index (χ0) is 27.5. The fourth-order valence-electron chi connectivity index (χ4n) is 7.39. The third-order valence-electron chi connectivity index (χ3n) is 9.14. The monoisotopic (exact) mass is 532 g/mol. The van der Waals surface area contributed by atoms with Crippen LogP contribution in [-0.2, 0) is 20.8 Å². The van der Waals surface area contributed by atoms with Crippen LogP contribution in [0.3, 0.4) is 0 Å². The lowest BCUT2D eigenvalue weighted by molar-refractivity contribution is -0.146. The zero-order valence-electron chi connectivity index (χ0n) is 22.6. The first-order valence-corrected chi connectivity index (χ1v) is 14.1. The molecule has 0 spiro atoms. The number of nitrogens with zero attached hydrogens (tertiary/aromatic N) is 1. The Kier molecular flexibility index (Phi) is 5.88. The van der Waals surface area contributed by atoms with Gasteiger partial charge in [0.25, 0.3) is 0 Å². The van der Waals surface area contributed by atoms with Crippen molar-refractivity contribution in [3.63, 3.8) is 0 Å². The largest absolute Gasteiger partial charge is 0.457 e. The number of aryl methyl sites for hydroxylation is 2. The lowest BCUT2D eigenvalue weighted by Crippen LogP contribution is -2.49. The van der Waals surface area contributed by atoms with Crippen LogP contribution in [0, 0.1) is 49.4 Å². The summed E-state index contributed by atoms with van der Waals surface area (Å²) >= 11 is 0. The molecule has 5 aliphatic rings. The molecule has 6 nitrogen and oxygen atoms in total. The van der Waals surface area contributed by atoms with Gasteiger partial charge in [-0.1, -0.05) is 48.6 Å². The van der Waals surface area contributed by atoms with Crippen LogP contribution >= 0.6 is 0 Å². The topological polar surface area (TPSA) is 75.7 Å². The molecule has 1 saturated heterocycles. The van der Waals surface area contributed by atoms with Gasteiger partial charge in [0.15, 0.2) is 0 Å². The van der Waals surface area contributed by atoms with Gasteiger partial charge < -0.3 is 10.1 Å². The molecule has 0 aromatic heterocycles. The Balaban J connectivity index is 1.12. The van der Waals surface area contributed by atoms with E-state index in [0.29, 0.717) is 23.3 Å². The van der Waals surface area contributed by atoms with Crippen molar-refractivity contribution in [3.05, 3.63) is 102 Å². The fourth-order valence-corrected chi connectivity index (χ4v) is 7.39. The number of hydrogen-bond donors (Lipinski definition) is 1. The number of benzene rings is 3. The molecule has 202 valence electrons. The van der Waals surface area contributed by atoms with E-state index < -0.39 is 6.04 Å². The molecule has 2 saturated carbocycles. The van der Waals surface area contributed by atoms with Crippen molar-refractivity contribution < 1.29 is 19.1 Å². The van der Waals surface area contributed by atoms with Crippen molar-refractivity contribution in [3.8, 4) is 11.5 Å². The van der Waals surface area contributed by atoms with Gasteiger partial charge in [-0.2, -0.15) is 0 Å². The summed E-state index contributed by atoms with van der Waals surface area (Å²) in [5.41, 5.74) is 3.72. The molecule has 3 aromatic rings. The van der Waals surface area contributed by atoms with Crippen molar-refractivity contribution in [1.82, 2.24) is 4.90 Å². The Morgan fingerprint density at radius 2 is 1.45 bits per heavy atom. The average Bonchev–Trinajstić information content (AvgIpc) is 3.72. The van der Waals surface area contributed by atoms with Crippen LogP contribution in [0.1, 0.15) is 23.1 Å². The number of nitrogens with one attached hydrogen (secondary N) is 1. The number of ether oxygens (including phenoxy) is 1. The smallest absolute Gasteiger partial charge is 0.248 e. The normalized spacial score (nSPS) is 28.2. The summed E-state index contributed by atoms with van der Waals surface area (Å²) in [4.78, 5) is 42.8. The number of hydrogen-bond acceptors (Lipinski definition) is 4. The quantitative estimate of drug-likeness (QED) is 0.313. The highest BCUT2D eigenvalue weighted by molar-refractivity contribution is 6.10. The fraction of sp³-hybridized carbons (Fsp3) is 0.324. The number of amides is 3. The van der Waals surface area contributed by atoms with Crippen molar-refractivity contribution in [2.75, 3.05) is 5.32 Å². The molecule has 0 radical (unpaired) electrons. The Morgan fingerprint density at radius 3 is 2.05 bits per heavy atom. The summed E-state index contributed by atoms with van der Waals surface area (Å²) in [6.45, 7) is 4.05. The molecule has 3 amide bonds. The number of rotatable bonds is 7. The maximum absolute atomic E-state index is 13.8. The van der Waals surface area contributed by atoms with Crippen molar-refractivity contribution in [2.45, 2.75) is 32.7 Å². The maximum atomic E-state index is 13.8. The van der Waals surface area contributed by atoms with Gasteiger partial charge in [0.2, 0.25) is 17.7 Å². The summed E-state index contributed by atoms with van der Waals surface area (Å²) in [6, 6.07) is 21.9. The van der Waals surface area contributed by atoms with Crippen LogP contribution in [0.2, 0.25) is 0 Å². The predicted molar refractivity (Wildman–Crippen MR) is 152 cm³/mol. The highest BCUT2D eigenvalue weighted by atomic mass is 16.5. The molecule has 1 heterocycles. The van der Waals surface area contributed by atoms with Crippen molar-refractivity contribution in [2.24, 2.45) is 35.5 Å². The van der Waals surface area contributed by atoms with Crippen LogP contribution in [0.15, 0.2) is 84.9 Å². The second-order valence-electron chi connectivity index (χ2n) is 11.8. The van der Waals surface area contributed by atoms with E-state index >= 15 is 0 Å². The number of imide groups is 1. The van der Waals surface area contributed by atoms with Gasteiger partial charge in [-0.3, -0.25) is 19.3 Å². The van der Waals surface area contributed by atoms with Crippen LogP contribution < -0.4 is 10.1 Å². The summed E-state index contributed by atoms with van der Waals surface area (Å²) in [6.07, 6.45) is 5.69. The van der Waals surface area contributed by atoms with E-state index in [1.807, 2.05) is 56.3 Å². The predicted octanol–water partition coefficient (Wildman–Crippen LogP) is 5.70. The Bertz CT molecular complexity index is 1470. The molecule has 1 N–H and O–H groups in total. The van der Waals surface area contributed by atoms with E-state index in [4.69, 9.17) is 4.74 Å². The molecular weight excluding hydrogens is 500 g/mol. The molecule has 7 atom stereocenters. The lowest BCUT2D eigenvalue weighted by Gasteiger charge is -2.37. The molecule has 6 heteroatoms. The summed E-state index contributed by atoms with van der Waals surface area (Å²) in [5.74, 6) is 1.26. The van der Waals surface area contributed by atoms with Gasteiger partial charge in [0, 0.05) is 12.1 Å². The minimum atomic E-state index is -0.921. The number of carbonyl (C=O) groups is 3. The maximum Gasteiger partial charge on any atom is 0.248 e. The SMILES string of the molecule is Cc1cc(C)cc(Oc2ccc(NC(=O)[C@H](Cc3ccccc3)N3C(=O)[C@@H]4[C@H]5C=C[C@@H]([C@@H]6C[C@@H]56)[C@H]4C3=O)cc2)c1. The molecule has 40 heavy (non-hydrogen) atoms. The average molecular weight is 533 g/mol. The van der Waals surface area contributed by atoms with E-state index in [0.717, 1.165) is 28.9 Å². The highest BCUT2D eigenvalue weighted by Crippen LogP contribution is 2.65. The molecule has 3 fully saturated rings. The standard InChI is InChI=1S/C34H32N2O4/c1-19-14-20(2)16-24(15-19)40-23-10-8-22(9-11-23)35-32(37)29(17-21-6-4-3-5-7-21)36-33(38)30-25-12-13-26(28-18-27(25)28)31(30)34(36)39/h3-16,25-31H,17-18H2,1-2H3,(H,35,37)/t25-,26-,27-,28-,29-,30+,31+/m0/s1. The zero-order valence-corrected chi connectivity index (χ0v) is 22.6. The van der Waals surface area contributed by atoms with E-state index in [1.54, 1.807) is 24.3 Å². The summed E-state index contributed by atoms with van der Waals surface area (Å²) in [7, 11) is 0. The summed E-state index contributed by atoms with van der Waals surface area (Å²) < 4.78 is 6.01. The van der Waals surface area contributed by atoms with E-state index in [1.165, 1.54) is 4.90 Å². The Hall–Kier alpha value is -4.19. The minimum Gasteiger partial charge on any atom is -0.457 e. The van der Waals surface area contributed by atoms with Gasteiger partial charge in [0.1, 0.15) is 17.5 Å². The van der Waals surface area contributed by atoms with Gasteiger partial charge in [-0.25, -0.2) is 0 Å². The summed E-state index contributed by atoms with van der Waals surface area (Å²) in [5, 5.41) is 2.97. The first-order chi connectivity index (χ1) is 19.4. The van der Waals surface area contributed by atoms with Crippen LogP contribution in [0.25, 0.3) is 0 Å². The van der Waals surface area contributed by atoms with Crippen molar-refractivity contribution >= 4 is 23.4 Å². The number of likely N-dealkylation sites (tertiary alicyclic amines) is 1. The van der Waals surface area contributed by atoms with Crippen molar-refractivity contribution in [1.29, 1.82) is 0 Å². The first kappa shape index (κ1) is 24.8. The van der Waals surface area contributed by atoms with Gasteiger partial charge in [-0.05, 0) is 97.0 Å². The van der Waals surface area contributed by atoms with Crippen LogP contribution in [-0.4, -0.2) is 28.7 Å². The van der Waals surface area contributed by atoms with E-state index in [9.17, 15) is 14.4 Å². The van der Waals surface area contributed by atoms with Crippen LogP contribution in [0.4, 0.5) is 5.69 Å². The number of carbonyl (C=O) groups excluding carboxylic acids is 3. The molecule has 3 aromatic carbocycles. The molecular formula is C34H32N2O4. The Labute approximate surface area is 234 Å². The highest BCUT2D eigenvalue weighted by Gasteiger charge is 2.67. The first-order valence-electron chi connectivity index (χ1n) is 14.1. The second kappa shape index (κ2) is 9.47. The van der Waals surface area contributed by atoms with E-state index in [-0.39, 0.29) is 47.8 Å². The third-order valence-corrected chi connectivity index (χ3v) is 9.14. The van der Waals surface area contributed by atoms with Crippen LogP contribution in [0.5, 0.6) is 11.5 Å². The number of allylic oxidation sites excluding steroid dienone is 2. The van der Waals surface area contributed by atoms with Gasteiger partial charge >= 0.3 is 0 Å². The molecule has 1 aliphatic heterocycles. The number of anilines is 1. The minimum absolute atomic E-state index is 0.117. The lowest BCUT2D eigenvalue weighted by atomic mass is 9.63. The second-order valence-corrected chi connectivity index (χ2v) is 11.8. The molecule has 2 bridgehead atoms. The third kappa shape index (κ3) is 4.23. The molecule has 4 aliphatic carbocycles. The van der Waals surface area contributed by atoms with E-state index in [2.05, 4.69) is 23.5 Å². The molecule has 8 rings (SSSR count). The Morgan fingerprint density at radius 1 is 0.850 bits per heavy atom. The molecule has 0 unspecified atom stereocenters.